The second kappa shape index (κ2) is 9.17. The molecule has 0 bridgehead atoms. The van der Waals surface area contributed by atoms with Gasteiger partial charge in [0.15, 0.2) is 0 Å². The molecule has 2 nitrogen and oxygen atoms in total. The molecule has 0 aliphatic heterocycles. The zero-order chi connectivity index (χ0) is 10.8. The standard InChI is InChI=1S/C13H27NO/c1-2-3-4-9-14-10-12-15-11-8-13-6-5-7-13/h13-14H,2-12H2,1H3. The fourth-order valence-electron chi connectivity index (χ4n) is 1.90. The van der Waals surface area contributed by atoms with Crippen LogP contribution in [0.4, 0.5) is 0 Å². The summed E-state index contributed by atoms with van der Waals surface area (Å²) in [5.74, 6) is 0.988. The zero-order valence-electron chi connectivity index (χ0n) is 10.3. The van der Waals surface area contributed by atoms with Gasteiger partial charge in [-0.25, -0.2) is 0 Å². The first-order valence-corrected chi connectivity index (χ1v) is 6.72. The number of hydrogen-bond donors (Lipinski definition) is 1. The Bertz CT molecular complexity index is 134. The summed E-state index contributed by atoms with van der Waals surface area (Å²) in [6, 6.07) is 0. The van der Waals surface area contributed by atoms with E-state index in [1.807, 2.05) is 0 Å². The smallest absolute Gasteiger partial charge is 0.0590 e. The van der Waals surface area contributed by atoms with E-state index >= 15 is 0 Å². The highest BCUT2D eigenvalue weighted by atomic mass is 16.5. The first-order valence-electron chi connectivity index (χ1n) is 6.72. The minimum absolute atomic E-state index is 0.888. The topological polar surface area (TPSA) is 21.3 Å². The van der Waals surface area contributed by atoms with Crippen LogP contribution in [0.1, 0.15) is 51.9 Å². The number of hydrogen-bond acceptors (Lipinski definition) is 2. The molecule has 0 unspecified atom stereocenters. The molecule has 90 valence electrons. The van der Waals surface area contributed by atoms with Gasteiger partial charge in [-0.3, -0.25) is 0 Å². The van der Waals surface area contributed by atoms with Gasteiger partial charge in [-0.05, 0) is 25.3 Å². The molecule has 2 heteroatoms. The second-order valence-corrected chi connectivity index (χ2v) is 4.66. The molecule has 0 spiro atoms. The van der Waals surface area contributed by atoms with E-state index in [9.17, 15) is 0 Å². The van der Waals surface area contributed by atoms with E-state index in [1.54, 1.807) is 0 Å². The number of unbranched alkanes of at least 4 members (excludes halogenated alkanes) is 2. The van der Waals surface area contributed by atoms with Crippen molar-refractivity contribution in [3.8, 4) is 0 Å². The Morgan fingerprint density at radius 1 is 1.13 bits per heavy atom. The molecule has 0 aromatic heterocycles. The Morgan fingerprint density at radius 2 is 2.00 bits per heavy atom. The van der Waals surface area contributed by atoms with Crippen LogP contribution in [0.25, 0.3) is 0 Å². The molecular formula is C13H27NO. The van der Waals surface area contributed by atoms with E-state index in [0.29, 0.717) is 0 Å². The van der Waals surface area contributed by atoms with Crippen molar-refractivity contribution in [3.05, 3.63) is 0 Å². The van der Waals surface area contributed by atoms with E-state index in [0.717, 1.165) is 32.2 Å². The molecule has 1 aliphatic rings. The van der Waals surface area contributed by atoms with Gasteiger partial charge >= 0.3 is 0 Å². The summed E-state index contributed by atoms with van der Waals surface area (Å²) in [6.07, 6.45) is 9.57. The van der Waals surface area contributed by atoms with Crippen LogP contribution in [0, 0.1) is 5.92 Å². The summed E-state index contributed by atoms with van der Waals surface area (Å²) in [7, 11) is 0. The third-order valence-corrected chi connectivity index (χ3v) is 3.28. The van der Waals surface area contributed by atoms with Crippen LogP contribution in [0.15, 0.2) is 0 Å². The van der Waals surface area contributed by atoms with Crippen molar-refractivity contribution < 1.29 is 4.74 Å². The van der Waals surface area contributed by atoms with Crippen molar-refractivity contribution in [1.29, 1.82) is 0 Å². The third-order valence-electron chi connectivity index (χ3n) is 3.28. The molecule has 0 aromatic rings. The summed E-state index contributed by atoms with van der Waals surface area (Å²) >= 11 is 0. The molecule has 0 heterocycles. The van der Waals surface area contributed by atoms with Gasteiger partial charge in [0.05, 0.1) is 6.61 Å². The molecule has 0 amide bonds. The first kappa shape index (κ1) is 13.0. The fourth-order valence-corrected chi connectivity index (χ4v) is 1.90. The average Bonchev–Trinajstić information content (AvgIpc) is 2.18. The van der Waals surface area contributed by atoms with Crippen molar-refractivity contribution in [2.75, 3.05) is 26.3 Å². The number of nitrogens with one attached hydrogen (secondary N) is 1. The average molecular weight is 213 g/mol. The lowest BCUT2D eigenvalue weighted by atomic mass is 9.83. The first-order chi connectivity index (χ1) is 7.43. The summed E-state index contributed by atoms with van der Waals surface area (Å²) < 4.78 is 5.58. The molecule has 1 saturated carbocycles. The minimum atomic E-state index is 0.888. The van der Waals surface area contributed by atoms with Gasteiger partial charge in [0.25, 0.3) is 0 Å². The molecule has 0 saturated heterocycles. The Kier molecular flexibility index (Phi) is 7.94. The van der Waals surface area contributed by atoms with Gasteiger partial charge in [0.1, 0.15) is 0 Å². The molecular weight excluding hydrogens is 186 g/mol. The highest BCUT2D eigenvalue weighted by Gasteiger charge is 2.16. The Labute approximate surface area is 94.8 Å². The molecule has 1 fully saturated rings. The predicted molar refractivity (Wildman–Crippen MR) is 65.2 cm³/mol. The van der Waals surface area contributed by atoms with Crippen LogP contribution < -0.4 is 5.32 Å². The van der Waals surface area contributed by atoms with Crippen molar-refractivity contribution >= 4 is 0 Å². The van der Waals surface area contributed by atoms with Crippen LogP contribution in [0.2, 0.25) is 0 Å². The minimum Gasteiger partial charge on any atom is -0.380 e. The van der Waals surface area contributed by atoms with E-state index < -0.39 is 0 Å². The molecule has 0 radical (unpaired) electrons. The SMILES string of the molecule is CCCCCNCCOCCC1CCC1. The lowest BCUT2D eigenvalue weighted by Crippen LogP contribution is -2.22. The largest absolute Gasteiger partial charge is 0.380 e. The maximum atomic E-state index is 5.58. The maximum absolute atomic E-state index is 5.58. The molecule has 1 N–H and O–H groups in total. The monoisotopic (exact) mass is 213 g/mol. The van der Waals surface area contributed by atoms with Crippen molar-refractivity contribution in [1.82, 2.24) is 5.32 Å². The van der Waals surface area contributed by atoms with Crippen LogP contribution in [0.3, 0.4) is 0 Å². The zero-order valence-corrected chi connectivity index (χ0v) is 10.3. The Hall–Kier alpha value is -0.0800. The van der Waals surface area contributed by atoms with Crippen molar-refractivity contribution in [2.24, 2.45) is 5.92 Å². The summed E-state index contributed by atoms with van der Waals surface area (Å²) in [5.41, 5.74) is 0. The normalized spacial score (nSPS) is 16.6. The maximum Gasteiger partial charge on any atom is 0.0590 e. The van der Waals surface area contributed by atoms with E-state index in [4.69, 9.17) is 4.74 Å². The lowest BCUT2D eigenvalue weighted by Gasteiger charge is -2.24. The lowest BCUT2D eigenvalue weighted by molar-refractivity contribution is 0.108. The molecule has 0 atom stereocenters. The Balaban J connectivity index is 1.66. The molecule has 1 aliphatic carbocycles. The highest BCUT2D eigenvalue weighted by Crippen LogP contribution is 2.28. The van der Waals surface area contributed by atoms with E-state index in [2.05, 4.69) is 12.2 Å². The van der Waals surface area contributed by atoms with Crippen LogP contribution in [-0.4, -0.2) is 26.3 Å². The van der Waals surface area contributed by atoms with E-state index in [1.165, 1.54) is 44.9 Å². The van der Waals surface area contributed by atoms with Crippen LogP contribution >= 0.6 is 0 Å². The predicted octanol–water partition coefficient (Wildman–Crippen LogP) is 2.97. The van der Waals surface area contributed by atoms with Crippen molar-refractivity contribution in [2.45, 2.75) is 51.9 Å². The quantitative estimate of drug-likeness (QED) is 0.563. The second-order valence-electron chi connectivity index (χ2n) is 4.66. The van der Waals surface area contributed by atoms with Gasteiger partial charge in [0, 0.05) is 13.2 Å². The Morgan fingerprint density at radius 3 is 2.67 bits per heavy atom. The molecule has 0 aromatic carbocycles. The summed E-state index contributed by atoms with van der Waals surface area (Å²) in [5, 5.41) is 3.41. The molecule has 1 rings (SSSR count). The third kappa shape index (κ3) is 6.91. The van der Waals surface area contributed by atoms with Crippen LogP contribution in [0.5, 0.6) is 0 Å². The fraction of sp³-hybridized carbons (Fsp3) is 1.00. The van der Waals surface area contributed by atoms with Gasteiger partial charge < -0.3 is 10.1 Å². The van der Waals surface area contributed by atoms with Gasteiger partial charge in [-0.2, -0.15) is 0 Å². The van der Waals surface area contributed by atoms with Gasteiger partial charge in [-0.15, -0.1) is 0 Å². The van der Waals surface area contributed by atoms with Crippen molar-refractivity contribution in [3.63, 3.8) is 0 Å². The number of ether oxygens (including phenoxy) is 1. The van der Waals surface area contributed by atoms with Gasteiger partial charge in [0.2, 0.25) is 0 Å². The molecule has 15 heavy (non-hydrogen) atoms. The summed E-state index contributed by atoms with van der Waals surface area (Å²) in [6.45, 7) is 6.28. The highest BCUT2D eigenvalue weighted by molar-refractivity contribution is 4.68. The van der Waals surface area contributed by atoms with E-state index in [-0.39, 0.29) is 0 Å². The van der Waals surface area contributed by atoms with Crippen LogP contribution in [-0.2, 0) is 4.74 Å². The summed E-state index contributed by atoms with van der Waals surface area (Å²) in [4.78, 5) is 0. The number of rotatable bonds is 10. The van der Waals surface area contributed by atoms with Gasteiger partial charge in [-0.1, -0.05) is 39.0 Å².